The zero-order valence-corrected chi connectivity index (χ0v) is 10.9. The van der Waals surface area contributed by atoms with Crippen molar-refractivity contribution in [1.29, 1.82) is 0 Å². The van der Waals surface area contributed by atoms with Crippen LogP contribution in [-0.2, 0) is 11.4 Å². The summed E-state index contributed by atoms with van der Waals surface area (Å²) in [6.45, 7) is 0. The summed E-state index contributed by atoms with van der Waals surface area (Å²) in [5, 5.41) is 1.66. The summed E-state index contributed by atoms with van der Waals surface area (Å²) in [4.78, 5) is 0. The molecule has 2 rings (SSSR count). The first-order valence-corrected chi connectivity index (χ1v) is 4.94. The minimum Gasteiger partial charge on any atom is -0.740 e. The molecule has 0 radical (unpaired) electrons. The Balaban J connectivity index is 0.00000112. The Morgan fingerprint density at radius 1 is 1.27 bits per heavy atom. The van der Waals surface area contributed by atoms with Gasteiger partial charge in [-0.15, -0.1) is 17.5 Å². The Morgan fingerprint density at radius 3 is 2.73 bits per heavy atom. The number of benzene rings is 2. The third-order valence-corrected chi connectivity index (χ3v) is 2.14. The average molecular weight is 229 g/mol. The largest absolute Gasteiger partial charge is 1.00 e. The van der Waals surface area contributed by atoms with Crippen molar-refractivity contribution in [3.8, 4) is 5.75 Å². The molecule has 1 unspecified atom stereocenters. The molecule has 2 aromatic carbocycles. The summed E-state index contributed by atoms with van der Waals surface area (Å²) in [5.74, 6) is 0.233. The van der Waals surface area contributed by atoms with Crippen LogP contribution in [0.5, 0.6) is 5.75 Å². The summed E-state index contributed by atoms with van der Waals surface area (Å²) in [6.07, 6.45) is 0. The summed E-state index contributed by atoms with van der Waals surface area (Å²) in [5.41, 5.74) is 0. The second-order valence-corrected chi connectivity index (χ2v) is 3.26. The van der Waals surface area contributed by atoms with Crippen LogP contribution in [0, 0.1) is 6.07 Å². The number of hydrogen-bond donors (Lipinski definition) is 0. The van der Waals surface area contributed by atoms with E-state index in [4.69, 9.17) is 0 Å². The van der Waals surface area contributed by atoms with Gasteiger partial charge >= 0.3 is 29.6 Å². The molecule has 0 saturated carbocycles. The molecule has 0 N–H and O–H groups in total. The van der Waals surface area contributed by atoms with Crippen LogP contribution in [0.3, 0.4) is 0 Å². The van der Waals surface area contributed by atoms with E-state index in [1.54, 1.807) is 12.1 Å². The van der Waals surface area contributed by atoms with E-state index in [0.29, 0.717) is 0 Å². The molecule has 0 amide bonds. The van der Waals surface area contributed by atoms with Gasteiger partial charge in [0, 0.05) is 5.75 Å². The fourth-order valence-corrected chi connectivity index (χ4v) is 1.54. The van der Waals surface area contributed by atoms with E-state index in [1.165, 1.54) is 0 Å². The average Bonchev–Trinajstić information content (AvgIpc) is 2.18. The number of fused-ring (bicyclic) bond motifs is 1. The van der Waals surface area contributed by atoms with Gasteiger partial charge in [0.25, 0.3) is 0 Å². The van der Waals surface area contributed by atoms with Crippen LogP contribution >= 0.6 is 0 Å². The fourth-order valence-electron chi connectivity index (χ4n) is 1.27. The molecular formula is C10H6NaO3S-. The number of hydrogen-bond acceptors (Lipinski definition) is 3. The smallest absolute Gasteiger partial charge is 0.740 e. The Kier molecular flexibility index (Phi) is 4.76. The minimum atomic E-state index is -2.55. The van der Waals surface area contributed by atoms with Gasteiger partial charge < -0.3 is 8.74 Å². The molecule has 0 fully saturated rings. The van der Waals surface area contributed by atoms with Crippen molar-refractivity contribution in [2.45, 2.75) is 0 Å². The SMILES string of the molecule is O=S([O-])Oc1[c-]ccc2ccccc12.[Na+]. The molecular weight excluding hydrogens is 223 g/mol. The van der Waals surface area contributed by atoms with Gasteiger partial charge in [0.2, 0.25) is 0 Å². The van der Waals surface area contributed by atoms with E-state index >= 15 is 0 Å². The van der Waals surface area contributed by atoms with E-state index in [2.05, 4.69) is 10.2 Å². The fraction of sp³-hybridized carbons (Fsp3) is 0. The molecule has 0 aliphatic carbocycles. The molecule has 5 heteroatoms. The molecule has 1 atom stereocenters. The second kappa shape index (κ2) is 5.63. The van der Waals surface area contributed by atoms with Crippen molar-refractivity contribution in [3.05, 3.63) is 42.5 Å². The van der Waals surface area contributed by atoms with Crippen LogP contribution in [0.2, 0.25) is 0 Å². The second-order valence-electron chi connectivity index (χ2n) is 2.68. The molecule has 0 saturated heterocycles. The van der Waals surface area contributed by atoms with Crippen LogP contribution in [0.25, 0.3) is 10.8 Å². The summed E-state index contributed by atoms with van der Waals surface area (Å²) < 4.78 is 25.3. The predicted octanol–water partition coefficient (Wildman–Crippen LogP) is -1.18. The van der Waals surface area contributed by atoms with Gasteiger partial charge in [-0.1, -0.05) is 23.6 Å². The third-order valence-electron chi connectivity index (χ3n) is 1.83. The van der Waals surface area contributed by atoms with Crippen molar-refractivity contribution in [1.82, 2.24) is 0 Å². The predicted molar refractivity (Wildman–Crippen MR) is 52.3 cm³/mol. The maximum Gasteiger partial charge on any atom is 1.00 e. The Bertz CT molecular complexity index is 482. The van der Waals surface area contributed by atoms with Crippen LogP contribution in [0.4, 0.5) is 0 Å². The van der Waals surface area contributed by atoms with Crippen molar-refractivity contribution < 1.29 is 42.5 Å². The third kappa shape index (κ3) is 3.03. The zero-order valence-electron chi connectivity index (χ0n) is 8.10. The molecule has 3 nitrogen and oxygen atoms in total. The van der Waals surface area contributed by atoms with Gasteiger partial charge in [0.1, 0.15) is 11.4 Å². The van der Waals surface area contributed by atoms with Gasteiger partial charge in [-0.05, 0) is 0 Å². The molecule has 0 aromatic heterocycles. The summed E-state index contributed by atoms with van der Waals surface area (Å²) in [6, 6.07) is 13.6. The van der Waals surface area contributed by atoms with E-state index < -0.39 is 11.4 Å². The molecule has 0 heterocycles. The van der Waals surface area contributed by atoms with Crippen LogP contribution in [0.1, 0.15) is 0 Å². The Morgan fingerprint density at radius 2 is 2.00 bits per heavy atom. The molecule has 72 valence electrons. The van der Waals surface area contributed by atoms with E-state index in [9.17, 15) is 8.76 Å². The monoisotopic (exact) mass is 229 g/mol. The Hall–Kier alpha value is -0.390. The van der Waals surface area contributed by atoms with E-state index in [1.807, 2.05) is 24.3 Å². The van der Waals surface area contributed by atoms with Gasteiger partial charge in [0.05, 0.1) is 0 Å². The van der Waals surface area contributed by atoms with Crippen molar-refractivity contribution >= 4 is 22.1 Å². The van der Waals surface area contributed by atoms with Gasteiger partial charge in [-0.2, -0.15) is 12.1 Å². The molecule has 0 aliphatic heterocycles. The van der Waals surface area contributed by atoms with Crippen molar-refractivity contribution in [2.24, 2.45) is 0 Å². The molecule has 0 bridgehead atoms. The van der Waals surface area contributed by atoms with Gasteiger partial charge in [-0.25, -0.2) is 4.21 Å². The molecule has 0 spiro atoms. The Labute approximate surface area is 112 Å². The van der Waals surface area contributed by atoms with Crippen LogP contribution in [-0.4, -0.2) is 8.76 Å². The first-order chi connectivity index (χ1) is 6.77. The summed E-state index contributed by atoms with van der Waals surface area (Å²) >= 11 is -2.55. The first kappa shape index (κ1) is 12.7. The molecule has 2 aromatic rings. The van der Waals surface area contributed by atoms with Crippen molar-refractivity contribution in [2.75, 3.05) is 0 Å². The standard InChI is InChI=1S/C10H7O3S.Na/c11-14(12)13-10-7-3-5-8-4-1-2-6-9(8)10;/h1-6H,(H,11,12);/q-1;+1/p-1. The van der Waals surface area contributed by atoms with Crippen molar-refractivity contribution in [3.63, 3.8) is 0 Å². The van der Waals surface area contributed by atoms with Crippen LogP contribution < -0.4 is 33.7 Å². The summed E-state index contributed by atoms with van der Waals surface area (Å²) in [7, 11) is 0. The normalized spacial score (nSPS) is 11.8. The first-order valence-electron chi connectivity index (χ1n) is 3.94. The number of rotatable bonds is 2. The van der Waals surface area contributed by atoms with E-state index in [-0.39, 0.29) is 35.3 Å². The van der Waals surface area contributed by atoms with Gasteiger partial charge in [0.15, 0.2) is 0 Å². The minimum absolute atomic E-state index is 0. The topological polar surface area (TPSA) is 49.4 Å². The molecule has 15 heavy (non-hydrogen) atoms. The molecule has 0 aliphatic rings. The van der Waals surface area contributed by atoms with E-state index in [0.717, 1.165) is 10.8 Å². The maximum atomic E-state index is 10.4. The maximum absolute atomic E-state index is 10.4. The zero-order chi connectivity index (χ0) is 9.97. The van der Waals surface area contributed by atoms with Crippen LogP contribution in [0.15, 0.2) is 36.4 Å². The van der Waals surface area contributed by atoms with Gasteiger partial charge in [-0.3, -0.25) is 0 Å². The quantitative estimate of drug-likeness (QED) is 0.370.